The molecule has 0 aliphatic carbocycles. The molecule has 0 aliphatic heterocycles. The van der Waals surface area contributed by atoms with Crippen LogP contribution in [0.4, 0.5) is 4.39 Å². The lowest BCUT2D eigenvalue weighted by Crippen LogP contribution is -2.32. The molecule has 1 atom stereocenters. The van der Waals surface area contributed by atoms with Crippen LogP contribution >= 0.6 is 0 Å². The second-order valence-corrected chi connectivity index (χ2v) is 6.19. The Hall–Kier alpha value is -1.96. The molecule has 0 aliphatic rings. The van der Waals surface area contributed by atoms with E-state index in [0.717, 1.165) is 11.1 Å². The van der Waals surface area contributed by atoms with Crippen LogP contribution in [0, 0.1) is 5.82 Å². The van der Waals surface area contributed by atoms with Crippen molar-refractivity contribution in [2.45, 2.75) is 19.6 Å². The summed E-state index contributed by atoms with van der Waals surface area (Å²) in [6, 6.07) is 12.6. The first-order valence-electron chi connectivity index (χ1n) is 6.61. The molecule has 0 spiro atoms. The van der Waals surface area contributed by atoms with Crippen LogP contribution in [0.25, 0.3) is 0 Å². The molecule has 0 amide bonds. The number of benzene rings is 2. The Bertz CT molecular complexity index is 715. The Morgan fingerprint density at radius 1 is 1.14 bits per heavy atom. The molecule has 0 saturated heterocycles. The Balaban J connectivity index is 1.95. The number of rotatable bonds is 6. The molecular weight excluding hydrogens is 307 g/mol. The van der Waals surface area contributed by atoms with Gasteiger partial charge in [0.2, 0.25) is 0 Å². The molecule has 5 nitrogen and oxygen atoms in total. The number of hydrogen-bond donors (Lipinski definition) is 2. The highest BCUT2D eigenvalue weighted by Gasteiger charge is 2.11. The summed E-state index contributed by atoms with van der Waals surface area (Å²) in [4.78, 5) is 0. The van der Waals surface area contributed by atoms with E-state index in [1.54, 1.807) is 43.3 Å². The Labute approximate surface area is 129 Å². The highest BCUT2D eigenvalue weighted by molar-refractivity contribution is 7.87. The average Bonchev–Trinajstić information content (AvgIpc) is 2.45. The summed E-state index contributed by atoms with van der Waals surface area (Å²) in [5, 5.41) is 4.94. The van der Waals surface area contributed by atoms with Crippen molar-refractivity contribution >= 4 is 10.2 Å². The number of nitrogens with one attached hydrogen (secondary N) is 1. The van der Waals surface area contributed by atoms with E-state index in [1.165, 1.54) is 12.1 Å². The van der Waals surface area contributed by atoms with Gasteiger partial charge in [-0.2, -0.15) is 13.1 Å². The van der Waals surface area contributed by atoms with Gasteiger partial charge < -0.3 is 4.74 Å². The maximum absolute atomic E-state index is 12.8. The van der Waals surface area contributed by atoms with E-state index < -0.39 is 16.3 Å². The fraction of sp³-hybridized carbons (Fsp3) is 0.200. The van der Waals surface area contributed by atoms with Crippen molar-refractivity contribution in [3.63, 3.8) is 0 Å². The molecule has 118 valence electrons. The number of hydrogen-bond acceptors (Lipinski definition) is 3. The highest BCUT2D eigenvalue weighted by Crippen LogP contribution is 2.19. The van der Waals surface area contributed by atoms with Crippen LogP contribution in [0.1, 0.15) is 24.1 Å². The molecule has 7 heteroatoms. The van der Waals surface area contributed by atoms with Gasteiger partial charge in [0.25, 0.3) is 10.2 Å². The van der Waals surface area contributed by atoms with Gasteiger partial charge in [0.15, 0.2) is 0 Å². The van der Waals surface area contributed by atoms with Crippen LogP contribution in [0.2, 0.25) is 0 Å². The van der Waals surface area contributed by atoms with E-state index in [2.05, 4.69) is 4.72 Å². The number of halogens is 1. The molecule has 0 fully saturated rings. The normalized spacial score (nSPS) is 12.9. The third-order valence-electron chi connectivity index (χ3n) is 3.04. The van der Waals surface area contributed by atoms with Gasteiger partial charge in [-0.15, -0.1) is 0 Å². The monoisotopic (exact) mass is 324 g/mol. The van der Waals surface area contributed by atoms with Crippen molar-refractivity contribution in [1.82, 2.24) is 4.72 Å². The van der Waals surface area contributed by atoms with E-state index in [1.807, 2.05) is 0 Å². The quantitative estimate of drug-likeness (QED) is 0.855. The zero-order valence-corrected chi connectivity index (χ0v) is 12.8. The van der Waals surface area contributed by atoms with Crippen LogP contribution in [0.3, 0.4) is 0 Å². The van der Waals surface area contributed by atoms with E-state index in [-0.39, 0.29) is 5.82 Å². The van der Waals surface area contributed by atoms with Crippen molar-refractivity contribution < 1.29 is 17.5 Å². The minimum absolute atomic E-state index is 0.288. The predicted octanol–water partition coefficient (Wildman–Crippen LogP) is 2.26. The van der Waals surface area contributed by atoms with E-state index >= 15 is 0 Å². The molecule has 22 heavy (non-hydrogen) atoms. The molecule has 0 saturated carbocycles. The van der Waals surface area contributed by atoms with Gasteiger partial charge in [0.05, 0.1) is 0 Å². The van der Waals surface area contributed by atoms with Crippen molar-refractivity contribution in [2.75, 3.05) is 0 Å². The van der Waals surface area contributed by atoms with Gasteiger partial charge in [-0.05, 0) is 42.3 Å². The summed E-state index contributed by atoms with van der Waals surface area (Å²) in [5.41, 5.74) is 1.62. The van der Waals surface area contributed by atoms with Crippen LogP contribution in [-0.4, -0.2) is 8.42 Å². The Kier molecular flexibility index (Phi) is 5.12. The first kappa shape index (κ1) is 16.4. The third kappa shape index (κ3) is 5.10. The molecular formula is C15H17FN2O3S. The van der Waals surface area contributed by atoms with Gasteiger partial charge in [0.1, 0.15) is 18.2 Å². The lowest BCUT2D eigenvalue weighted by Gasteiger charge is -2.13. The second kappa shape index (κ2) is 6.87. The summed E-state index contributed by atoms with van der Waals surface area (Å²) in [5.74, 6) is 0.348. The first-order valence-corrected chi connectivity index (χ1v) is 8.15. The molecule has 0 heterocycles. The maximum atomic E-state index is 12.8. The molecule has 0 aromatic heterocycles. The molecule has 0 unspecified atom stereocenters. The summed E-state index contributed by atoms with van der Waals surface area (Å²) < 4.78 is 42.6. The van der Waals surface area contributed by atoms with E-state index in [0.29, 0.717) is 12.4 Å². The largest absolute Gasteiger partial charge is 0.489 e. The molecule has 0 bridgehead atoms. The summed E-state index contributed by atoms with van der Waals surface area (Å²) in [6.07, 6.45) is 0. The van der Waals surface area contributed by atoms with Gasteiger partial charge in [-0.3, -0.25) is 0 Å². The minimum Gasteiger partial charge on any atom is -0.489 e. The third-order valence-corrected chi connectivity index (χ3v) is 3.72. The zero-order chi connectivity index (χ0) is 16.2. The maximum Gasteiger partial charge on any atom is 0.274 e. The van der Waals surface area contributed by atoms with Crippen molar-refractivity contribution in [3.8, 4) is 5.75 Å². The molecule has 3 N–H and O–H groups in total. The molecule has 0 radical (unpaired) electrons. The summed E-state index contributed by atoms with van der Waals surface area (Å²) in [7, 11) is -3.74. The average molecular weight is 324 g/mol. The lowest BCUT2D eigenvalue weighted by molar-refractivity contribution is 0.306. The number of nitrogens with two attached hydrogens (primary N) is 1. The van der Waals surface area contributed by atoms with Crippen LogP contribution in [-0.2, 0) is 16.8 Å². The fourth-order valence-corrected chi connectivity index (χ4v) is 2.54. The SMILES string of the molecule is C[C@H](NS(N)(=O)=O)c1ccc(OCc2ccc(F)cc2)cc1. The molecule has 2 aromatic carbocycles. The Morgan fingerprint density at radius 2 is 1.73 bits per heavy atom. The number of ether oxygens (including phenoxy) is 1. The molecule has 2 rings (SSSR count). The Morgan fingerprint density at radius 3 is 2.27 bits per heavy atom. The fourth-order valence-electron chi connectivity index (χ4n) is 1.91. The van der Waals surface area contributed by atoms with Gasteiger partial charge in [-0.25, -0.2) is 9.53 Å². The van der Waals surface area contributed by atoms with Crippen LogP contribution < -0.4 is 14.6 Å². The smallest absolute Gasteiger partial charge is 0.274 e. The first-order chi connectivity index (χ1) is 10.3. The second-order valence-electron chi connectivity index (χ2n) is 4.87. The van der Waals surface area contributed by atoms with Crippen molar-refractivity contribution in [3.05, 3.63) is 65.5 Å². The van der Waals surface area contributed by atoms with Crippen molar-refractivity contribution in [2.24, 2.45) is 5.14 Å². The molecule has 2 aromatic rings. The van der Waals surface area contributed by atoms with Crippen LogP contribution in [0.5, 0.6) is 5.75 Å². The van der Waals surface area contributed by atoms with E-state index in [4.69, 9.17) is 9.88 Å². The van der Waals surface area contributed by atoms with Crippen LogP contribution in [0.15, 0.2) is 48.5 Å². The standard InChI is InChI=1S/C15H17FN2O3S/c1-11(18-22(17,19)20)13-4-8-15(9-5-13)21-10-12-2-6-14(16)7-3-12/h2-9,11,18H,10H2,1H3,(H2,17,19,20)/t11-/m0/s1. The van der Waals surface area contributed by atoms with Gasteiger partial charge in [0, 0.05) is 6.04 Å². The summed E-state index contributed by atoms with van der Waals surface area (Å²) in [6.45, 7) is 2.02. The van der Waals surface area contributed by atoms with Crippen molar-refractivity contribution in [1.29, 1.82) is 0 Å². The minimum atomic E-state index is -3.74. The topological polar surface area (TPSA) is 81.4 Å². The predicted molar refractivity (Wildman–Crippen MR) is 81.8 cm³/mol. The van der Waals surface area contributed by atoms with Gasteiger partial charge in [-0.1, -0.05) is 24.3 Å². The summed E-state index contributed by atoms with van der Waals surface area (Å²) >= 11 is 0. The zero-order valence-electron chi connectivity index (χ0n) is 12.0. The lowest BCUT2D eigenvalue weighted by atomic mass is 10.1. The van der Waals surface area contributed by atoms with E-state index in [9.17, 15) is 12.8 Å². The van der Waals surface area contributed by atoms with Gasteiger partial charge >= 0.3 is 0 Å². The highest BCUT2D eigenvalue weighted by atomic mass is 32.2.